The zero-order valence-corrected chi connectivity index (χ0v) is 9.39. The molecule has 1 aromatic rings. The Hall–Kier alpha value is -0.690. The second-order valence-electron chi connectivity index (χ2n) is 2.55. The molecule has 0 unspecified atom stereocenters. The molecule has 0 aliphatic carbocycles. The summed E-state index contributed by atoms with van der Waals surface area (Å²) in [5, 5.41) is 0. The summed E-state index contributed by atoms with van der Waals surface area (Å²) in [5.74, 6) is 3.88. The number of hydrogen-bond acceptors (Lipinski definition) is 7. The number of thioether (sulfide) groups is 1. The molecule has 0 radical (unpaired) electrons. The third kappa shape index (κ3) is 4.01. The van der Waals surface area contributed by atoms with Gasteiger partial charge in [0.05, 0.1) is 0 Å². The minimum absolute atomic E-state index is 0.187. The fourth-order valence-corrected chi connectivity index (χ4v) is 1.95. The summed E-state index contributed by atoms with van der Waals surface area (Å²) in [4.78, 5) is 11.6. The van der Waals surface area contributed by atoms with E-state index in [9.17, 15) is 0 Å². The number of thiol groups is 1. The summed E-state index contributed by atoms with van der Waals surface area (Å²) in [7, 11) is 0. The second-order valence-corrected chi connectivity index (χ2v) is 4.23. The molecule has 0 atom stereocenters. The molecule has 0 amide bonds. The predicted molar refractivity (Wildman–Crippen MR) is 63.5 cm³/mol. The quantitative estimate of drug-likeness (QED) is 0.497. The van der Waals surface area contributed by atoms with Gasteiger partial charge in [-0.25, -0.2) is 0 Å². The number of nitrogens with two attached hydrogens (primary N) is 2. The molecule has 0 aliphatic rings. The zero-order chi connectivity index (χ0) is 10.4. The lowest BCUT2D eigenvalue weighted by atomic mass is 10.4. The van der Waals surface area contributed by atoms with Crippen LogP contribution >= 0.6 is 24.4 Å². The van der Waals surface area contributed by atoms with Crippen molar-refractivity contribution < 1.29 is 0 Å². The van der Waals surface area contributed by atoms with Crippen LogP contribution in [-0.2, 0) is 6.42 Å². The smallest absolute Gasteiger partial charge is 0.225 e. The first-order chi connectivity index (χ1) is 6.72. The zero-order valence-electron chi connectivity index (χ0n) is 7.68. The van der Waals surface area contributed by atoms with E-state index < -0.39 is 0 Å². The molecule has 1 heterocycles. The average Bonchev–Trinajstić information content (AvgIpc) is 2.11. The van der Waals surface area contributed by atoms with Gasteiger partial charge < -0.3 is 11.5 Å². The summed E-state index contributed by atoms with van der Waals surface area (Å²) in [6.07, 6.45) is 0.759. The first kappa shape index (κ1) is 11.4. The number of nitrogens with zero attached hydrogens (tertiary/aromatic N) is 3. The fourth-order valence-electron chi connectivity index (χ4n) is 0.899. The van der Waals surface area contributed by atoms with E-state index in [0.29, 0.717) is 5.82 Å². The van der Waals surface area contributed by atoms with Crippen molar-refractivity contribution in [3.05, 3.63) is 5.82 Å². The fraction of sp³-hybridized carbons (Fsp3) is 0.571. The van der Waals surface area contributed by atoms with Crippen LogP contribution in [0.5, 0.6) is 0 Å². The second kappa shape index (κ2) is 5.92. The summed E-state index contributed by atoms with van der Waals surface area (Å²) in [6, 6.07) is 0. The lowest BCUT2D eigenvalue weighted by Gasteiger charge is -2.01. The maximum absolute atomic E-state index is 5.43. The molecule has 0 saturated heterocycles. The molecule has 0 fully saturated rings. The molecule has 4 N–H and O–H groups in total. The third-order valence-electron chi connectivity index (χ3n) is 1.42. The van der Waals surface area contributed by atoms with Crippen molar-refractivity contribution in [1.29, 1.82) is 0 Å². The molecule has 5 nitrogen and oxygen atoms in total. The summed E-state index contributed by atoms with van der Waals surface area (Å²) in [6.45, 7) is 0. The van der Waals surface area contributed by atoms with Crippen LogP contribution in [0.15, 0.2) is 0 Å². The Bertz CT molecular complexity index is 273. The highest BCUT2D eigenvalue weighted by Gasteiger charge is 2.01. The Balaban J connectivity index is 2.42. The van der Waals surface area contributed by atoms with Crippen LogP contribution in [0.2, 0.25) is 0 Å². The monoisotopic (exact) mass is 231 g/mol. The summed E-state index contributed by atoms with van der Waals surface area (Å²) in [5.41, 5.74) is 10.9. The lowest BCUT2D eigenvalue weighted by molar-refractivity contribution is 0.923. The van der Waals surface area contributed by atoms with Crippen LogP contribution in [0.1, 0.15) is 5.82 Å². The Morgan fingerprint density at radius 2 is 1.71 bits per heavy atom. The van der Waals surface area contributed by atoms with Crippen LogP contribution in [0.25, 0.3) is 0 Å². The van der Waals surface area contributed by atoms with Crippen LogP contribution in [0.3, 0.4) is 0 Å². The van der Waals surface area contributed by atoms with E-state index in [1.807, 2.05) is 0 Å². The largest absolute Gasteiger partial charge is 0.368 e. The van der Waals surface area contributed by atoms with Crippen molar-refractivity contribution in [1.82, 2.24) is 15.0 Å². The van der Waals surface area contributed by atoms with Crippen LogP contribution in [-0.4, -0.2) is 32.2 Å². The summed E-state index contributed by atoms with van der Waals surface area (Å²) < 4.78 is 0. The highest BCUT2D eigenvalue weighted by Crippen LogP contribution is 2.05. The van der Waals surface area contributed by atoms with E-state index >= 15 is 0 Å². The molecule has 1 aromatic heterocycles. The van der Waals surface area contributed by atoms with Gasteiger partial charge in [-0.2, -0.15) is 39.3 Å². The number of nitrogen functional groups attached to an aromatic ring is 2. The maximum Gasteiger partial charge on any atom is 0.225 e. The average molecular weight is 231 g/mol. The van der Waals surface area contributed by atoms with Gasteiger partial charge in [-0.3, -0.25) is 0 Å². The third-order valence-corrected chi connectivity index (χ3v) is 2.93. The highest BCUT2D eigenvalue weighted by molar-refractivity contribution is 7.99. The van der Waals surface area contributed by atoms with Gasteiger partial charge in [0, 0.05) is 17.9 Å². The van der Waals surface area contributed by atoms with Crippen molar-refractivity contribution in [2.45, 2.75) is 6.42 Å². The van der Waals surface area contributed by atoms with Crippen molar-refractivity contribution >= 4 is 36.3 Å². The van der Waals surface area contributed by atoms with Crippen LogP contribution in [0.4, 0.5) is 11.9 Å². The molecular weight excluding hydrogens is 218 g/mol. The van der Waals surface area contributed by atoms with E-state index in [0.717, 1.165) is 23.7 Å². The van der Waals surface area contributed by atoms with Gasteiger partial charge in [-0.1, -0.05) is 0 Å². The molecule has 0 bridgehead atoms. The van der Waals surface area contributed by atoms with Gasteiger partial charge in [-0.15, -0.1) is 0 Å². The van der Waals surface area contributed by atoms with Crippen LogP contribution < -0.4 is 11.5 Å². The van der Waals surface area contributed by atoms with E-state index in [1.54, 1.807) is 11.8 Å². The van der Waals surface area contributed by atoms with Gasteiger partial charge in [0.2, 0.25) is 11.9 Å². The SMILES string of the molecule is Nc1nc(N)nc(CCSCCS)n1. The van der Waals surface area contributed by atoms with Gasteiger partial charge >= 0.3 is 0 Å². The number of anilines is 2. The molecule has 1 rings (SSSR count). The predicted octanol–water partition coefficient (Wildman–Crippen LogP) is 0.241. The molecule has 0 aliphatic heterocycles. The summed E-state index contributed by atoms with van der Waals surface area (Å²) >= 11 is 5.91. The Morgan fingerprint density at radius 1 is 1.07 bits per heavy atom. The van der Waals surface area contributed by atoms with Crippen molar-refractivity contribution in [2.75, 3.05) is 28.7 Å². The van der Waals surface area contributed by atoms with Gasteiger partial charge in [0.25, 0.3) is 0 Å². The first-order valence-corrected chi connectivity index (χ1v) is 5.95. The Morgan fingerprint density at radius 3 is 2.29 bits per heavy atom. The lowest BCUT2D eigenvalue weighted by Crippen LogP contribution is -2.07. The molecule has 14 heavy (non-hydrogen) atoms. The van der Waals surface area contributed by atoms with E-state index in [4.69, 9.17) is 11.5 Å². The first-order valence-electron chi connectivity index (χ1n) is 4.17. The normalized spacial score (nSPS) is 10.4. The Kier molecular flexibility index (Phi) is 4.81. The number of aromatic nitrogens is 3. The van der Waals surface area contributed by atoms with Crippen LogP contribution in [0, 0.1) is 0 Å². The number of hydrogen-bond donors (Lipinski definition) is 3. The number of rotatable bonds is 5. The van der Waals surface area contributed by atoms with E-state index in [-0.39, 0.29) is 11.9 Å². The van der Waals surface area contributed by atoms with Gasteiger partial charge in [0.15, 0.2) is 0 Å². The molecular formula is C7H13N5S2. The van der Waals surface area contributed by atoms with Gasteiger partial charge in [-0.05, 0) is 5.75 Å². The van der Waals surface area contributed by atoms with E-state index in [2.05, 4.69) is 27.6 Å². The highest BCUT2D eigenvalue weighted by atomic mass is 32.2. The molecule has 0 spiro atoms. The van der Waals surface area contributed by atoms with E-state index in [1.165, 1.54) is 0 Å². The van der Waals surface area contributed by atoms with Crippen molar-refractivity contribution in [2.24, 2.45) is 0 Å². The number of aryl methyl sites for hydroxylation is 1. The molecule has 0 saturated carbocycles. The van der Waals surface area contributed by atoms with Crippen molar-refractivity contribution in [3.8, 4) is 0 Å². The molecule has 78 valence electrons. The standard InChI is InChI=1S/C7H13N5S2/c8-6-10-5(11-7(9)12-6)1-3-14-4-2-13/h13H,1-4H2,(H4,8,9,10,11,12). The van der Waals surface area contributed by atoms with Gasteiger partial charge in [0.1, 0.15) is 5.82 Å². The topological polar surface area (TPSA) is 90.7 Å². The molecule has 7 heteroatoms. The Labute approximate surface area is 92.5 Å². The molecule has 0 aromatic carbocycles. The minimum Gasteiger partial charge on any atom is -0.368 e. The minimum atomic E-state index is 0.187. The maximum atomic E-state index is 5.43. The van der Waals surface area contributed by atoms with Crippen molar-refractivity contribution in [3.63, 3.8) is 0 Å².